The van der Waals surface area contributed by atoms with Crippen molar-refractivity contribution in [2.75, 3.05) is 41.4 Å². The zero-order valence-corrected chi connectivity index (χ0v) is 22.5. The maximum absolute atomic E-state index is 13.6. The maximum atomic E-state index is 13.6. The third-order valence-electron chi connectivity index (χ3n) is 7.00. The topological polar surface area (TPSA) is 118 Å². The van der Waals surface area contributed by atoms with Crippen molar-refractivity contribution in [2.24, 2.45) is 0 Å². The van der Waals surface area contributed by atoms with Gasteiger partial charge >= 0.3 is 12.2 Å². The normalized spacial score (nSPS) is 22.1. The lowest BCUT2D eigenvalue weighted by atomic mass is 10.1. The van der Waals surface area contributed by atoms with Crippen LogP contribution in [0.15, 0.2) is 24.4 Å². The van der Waals surface area contributed by atoms with Gasteiger partial charge in [-0.05, 0) is 51.8 Å². The van der Waals surface area contributed by atoms with Crippen LogP contribution in [0.1, 0.15) is 43.2 Å². The summed E-state index contributed by atoms with van der Waals surface area (Å²) in [5.41, 5.74) is 1.08. The lowest BCUT2D eigenvalue weighted by Gasteiger charge is -2.36. The first-order valence-electron chi connectivity index (χ1n) is 13.0. The van der Waals surface area contributed by atoms with Gasteiger partial charge in [-0.15, -0.1) is 0 Å². The summed E-state index contributed by atoms with van der Waals surface area (Å²) in [5, 5.41) is 4.70. The van der Waals surface area contributed by atoms with Crippen LogP contribution >= 0.6 is 0 Å². The van der Waals surface area contributed by atoms with Crippen molar-refractivity contribution < 1.29 is 37.0 Å². The van der Waals surface area contributed by atoms with Crippen molar-refractivity contribution in [3.8, 4) is 5.75 Å². The Balaban J connectivity index is 1.34. The molecule has 2 bridgehead atoms. The number of nitrogens with one attached hydrogen (secondary N) is 2. The van der Waals surface area contributed by atoms with Crippen LogP contribution in [0.4, 0.5) is 35.3 Å². The average Bonchev–Trinajstić information content (AvgIpc) is 3.44. The zero-order chi connectivity index (χ0) is 28.8. The molecule has 11 nitrogen and oxygen atoms in total. The monoisotopic (exact) mass is 564 g/mol. The molecule has 3 aliphatic rings. The number of pyridine rings is 2. The molecular formula is C26H31F3N6O5. The Hall–Kier alpha value is -3.65. The van der Waals surface area contributed by atoms with Crippen molar-refractivity contribution >= 4 is 29.3 Å². The molecule has 2 saturated heterocycles. The number of fused-ring (bicyclic) bond motifs is 4. The Kier molecular flexibility index (Phi) is 7.25. The molecule has 5 rings (SSSR count). The van der Waals surface area contributed by atoms with Gasteiger partial charge in [-0.3, -0.25) is 15.0 Å². The van der Waals surface area contributed by atoms with Gasteiger partial charge in [0.05, 0.1) is 18.3 Å². The molecule has 3 atom stereocenters. The van der Waals surface area contributed by atoms with E-state index in [1.165, 1.54) is 17.2 Å². The molecule has 0 spiro atoms. The van der Waals surface area contributed by atoms with Crippen LogP contribution < -0.4 is 25.2 Å². The molecule has 1 unspecified atom stereocenters. The number of amides is 3. The second-order valence-corrected chi connectivity index (χ2v) is 10.6. The van der Waals surface area contributed by atoms with Crippen LogP contribution in [0.3, 0.4) is 0 Å². The maximum Gasteiger partial charge on any atom is 0.408 e. The van der Waals surface area contributed by atoms with Crippen LogP contribution in [-0.4, -0.2) is 78.4 Å². The molecule has 3 aliphatic heterocycles. The third-order valence-corrected chi connectivity index (χ3v) is 7.00. The van der Waals surface area contributed by atoms with Crippen LogP contribution in [-0.2, 0) is 9.47 Å². The molecule has 40 heavy (non-hydrogen) atoms. The number of rotatable bonds is 6. The number of halogens is 3. The summed E-state index contributed by atoms with van der Waals surface area (Å²) in [6.45, 7) is 8.13. The number of carbonyl (C=O) groups is 2. The minimum absolute atomic E-state index is 0.206. The predicted octanol–water partition coefficient (Wildman–Crippen LogP) is 3.63. The Labute approximate surface area is 229 Å². The van der Waals surface area contributed by atoms with E-state index in [-0.39, 0.29) is 36.1 Å². The summed E-state index contributed by atoms with van der Waals surface area (Å²) in [4.78, 5) is 38.3. The molecule has 216 valence electrons. The van der Waals surface area contributed by atoms with Gasteiger partial charge in [-0.25, -0.2) is 14.8 Å². The number of urea groups is 1. The molecule has 0 aliphatic carbocycles. The summed E-state index contributed by atoms with van der Waals surface area (Å²) in [5.74, 6) is -0.732. The van der Waals surface area contributed by atoms with E-state index in [1.807, 2.05) is 19.2 Å². The fraction of sp³-hybridized carbons (Fsp3) is 0.538. The highest BCUT2D eigenvalue weighted by Crippen LogP contribution is 2.41. The van der Waals surface area contributed by atoms with Gasteiger partial charge in [0.15, 0.2) is 11.6 Å². The highest BCUT2D eigenvalue weighted by atomic mass is 19.4. The first-order valence-corrected chi connectivity index (χ1v) is 13.0. The molecule has 3 amide bonds. The number of hydrogen-bond donors (Lipinski definition) is 2. The second kappa shape index (κ2) is 10.4. The first-order chi connectivity index (χ1) is 18.8. The number of aromatic nitrogens is 2. The zero-order valence-electron chi connectivity index (χ0n) is 22.5. The number of ether oxygens (including phenoxy) is 3. The Morgan fingerprint density at radius 1 is 1.30 bits per heavy atom. The molecule has 2 fully saturated rings. The molecule has 5 heterocycles. The fourth-order valence-electron chi connectivity index (χ4n) is 5.04. The van der Waals surface area contributed by atoms with E-state index in [2.05, 4.69) is 20.2 Å². The summed E-state index contributed by atoms with van der Waals surface area (Å²) < 4.78 is 56.2. The smallest absolute Gasteiger partial charge is 0.408 e. The van der Waals surface area contributed by atoms with Gasteiger partial charge < -0.3 is 24.4 Å². The number of nitrogens with zero attached hydrogens (tertiary/aromatic N) is 4. The number of carbonyl (C=O) groups excluding carboxylic acids is 2. The van der Waals surface area contributed by atoms with Crippen LogP contribution in [0.5, 0.6) is 5.75 Å². The van der Waals surface area contributed by atoms with Gasteiger partial charge in [0.2, 0.25) is 0 Å². The minimum Gasteiger partial charge on any atom is -0.491 e. The number of hydrogen-bond acceptors (Lipinski definition) is 8. The first kappa shape index (κ1) is 27.9. The molecule has 2 aromatic rings. The quantitative estimate of drug-likeness (QED) is 0.546. The fourth-order valence-corrected chi connectivity index (χ4v) is 5.04. The highest BCUT2D eigenvalue weighted by Gasteiger charge is 2.42. The van der Waals surface area contributed by atoms with Crippen molar-refractivity contribution in [3.05, 3.63) is 35.7 Å². The summed E-state index contributed by atoms with van der Waals surface area (Å²) in [6.07, 6.45) is -2.69. The standard InChI is InChI=1S/C26H31F3N6O5/c1-14-9-19(23(36)31-15(2)26(27,28)29)32-22-21(14)34-8-6-16(11-34)35(22)24(37)33-20-10-17(5-7-30-20)38-12-18-13-39-25(3,4)40-18/h5,7,9-10,15-16,18H,6,8,11-13H2,1-4H3,(H,31,36)(H,30,33,37)/t15-,16?,18+/m1/s1. The second-order valence-electron chi connectivity index (χ2n) is 10.6. The van der Waals surface area contributed by atoms with E-state index < -0.39 is 29.9 Å². The van der Waals surface area contributed by atoms with E-state index in [9.17, 15) is 22.8 Å². The summed E-state index contributed by atoms with van der Waals surface area (Å²) >= 11 is 0. The Morgan fingerprint density at radius 3 is 2.77 bits per heavy atom. The molecule has 2 N–H and O–H groups in total. The van der Waals surface area contributed by atoms with Crippen molar-refractivity contribution in [1.82, 2.24) is 15.3 Å². The van der Waals surface area contributed by atoms with Crippen LogP contribution in [0.25, 0.3) is 0 Å². The third kappa shape index (κ3) is 5.77. The molecule has 2 aromatic heterocycles. The molecule has 0 saturated carbocycles. The number of alkyl halides is 3. The average molecular weight is 565 g/mol. The van der Waals surface area contributed by atoms with Crippen LogP contribution in [0, 0.1) is 6.92 Å². The van der Waals surface area contributed by atoms with E-state index in [1.54, 1.807) is 19.1 Å². The SMILES string of the molecule is Cc1cc(C(=O)N[C@H](C)C(F)(F)F)nc2c1N1CCC(C1)N2C(=O)Nc1cc(OC[C@H]2COC(C)(C)O2)ccn1. The number of aryl methyl sites for hydroxylation is 1. The Morgan fingerprint density at radius 2 is 2.08 bits per heavy atom. The Bertz CT molecular complexity index is 1310. The molecule has 14 heteroatoms. The minimum atomic E-state index is -4.60. The lowest BCUT2D eigenvalue weighted by molar-refractivity contribution is -0.149. The summed E-state index contributed by atoms with van der Waals surface area (Å²) in [7, 11) is 0. The van der Waals surface area contributed by atoms with E-state index in [0.29, 0.717) is 43.1 Å². The van der Waals surface area contributed by atoms with E-state index >= 15 is 0 Å². The van der Waals surface area contributed by atoms with E-state index in [4.69, 9.17) is 14.2 Å². The number of anilines is 3. The molecular weight excluding hydrogens is 533 g/mol. The van der Waals surface area contributed by atoms with Crippen molar-refractivity contribution in [2.45, 2.75) is 64.3 Å². The van der Waals surface area contributed by atoms with Gasteiger partial charge in [-0.2, -0.15) is 13.2 Å². The largest absolute Gasteiger partial charge is 0.491 e. The predicted molar refractivity (Wildman–Crippen MR) is 139 cm³/mol. The summed E-state index contributed by atoms with van der Waals surface area (Å²) in [6, 6.07) is 1.84. The van der Waals surface area contributed by atoms with E-state index in [0.717, 1.165) is 6.92 Å². The van der Waals surface area contributed by atoms with Crippen molar-refractivity contribution in [3.63, 3.8) is 0 Å². The molecule has 0 radical (unpaired) electrons. The van der Waals surface area contributed by atoms with Gasteiger partial charge in [0.25, 0.3) is 5.91 Å². The van der Waals surface area contributed by atoms with Crippen molar-refractivity contribution in [1.29, 1.82) is 0 Å². The van der Waals surface area contributed by atoms with Crippen LogP contribution in [0.2, 0.25) is 0 Å². The van der Waals surface area contributed by atoms with Gasteiger partial charge in [0, 0.05) is 25.4 Å². The van der Waals surface area contributed by atoms with Gasteiger partial charge in [0.1, 0.15) is 36.0 Å². The lowest BCUT2D eigenvalue weighted by Crippen LogP contribution is -2.49. The highest BCUT2D eigenvalue weighted by molar-refractivity contribution is 6.05. The molecule has 0 aromatic carbocycles. The van der Waals surface area contributed by atoms with Gasteiger partial charge in [-0.1, -0.05) is 0 Å².